The van der Waals surface area contributed by atoms with Crippen molar-refractivity contribution in [3.05, 3.63) is 30.3 Å². The standard InChI is InChI=1S/C14H22N2/c1-12(16(2)14-9-6-10-14)11-15-13-7-4-3-5-8-13/h3-5,7-8,12,14-15H,6,9-11H2,1-2H3. The van der Waals surface area contributed by atoms with Crippen LogP contribution in [-0.4, -0.2) is 30.6 Å². The lowest BCUT2D eigenvalue weighted by Gasteiger charge is -2.38. The molecule has 0 amide bonds. The molecule has 2 heteroatoms. The molecular formula is C14H22N2. The third-order valence-corrected chi connectivity index (χ3v) is 3.72. The van der Waals surface area contributed by atoms with E-state index in [4.69, 9.17) is 0 Å². The van der Waals surface area contributed by atoms with Crippen LogP contribution in [0.4, 0.5) is 5.69 Å². The van der Waals surface area contributed by atoms with Crippen molar-refractivity contribution >= 4 is 5.69 Å². The minimum atomic E-state index is 0.602. The van der Waals surface area contributed by atoms with Crippen molar-refractivity contribution in [1.29, 1.82) is 0 Å². The molecule has 2 rings (SSSR count). The molecule has 1 aliphatic carbocycles. The van der Waals surface area contributed by atoms with E-state index in [1.165, 1.54) is 24.9 Å². The van der Waals surface area contributed by atoms with Crippen molar-refractivity contribution in [2.75, 3.05) is 18.9 Å². The number of nitrogens with one attached hydrogen (secondary N) is 1. The van der Waals surface area contributed by atoms with E-state index >= 15 is 0 Å². The lowest BCUT2D eigenvalue weighted by atomic mass is 9.91. The first-order valence-electron chi connectivity index (χ1n) is 6.28. The molecule has 0 bridgehead atoms. The zero-order valence-electron chi connectivity index (χ0n) is 10.3. The summed E-state index contributed by atoms with van der Waals surface area (Å²) in [4.78, 5) is 2.51. The van der Waals surface area contributed by atoms with Gasteiger partial charge in [-0.15, -0.1) is 0 Å². The van der Waals surface area contributed by atoms with Gasteiger partial charge < -0.3 is 5.32 Å². The summed E-state index contributed by atoms with van der Waals surface area (Å²) in [6.07, 6.45) is 4.17. The molecule has 0 spiro atoms. The summed E-state index contributed by atoms with van der Waals surface area (Å²) in [5.41, 5.74) is 1.22. The predicted molar refractivity (Wildman–Crippen MR) is 69.8 cm³/mol. The Balaban J connectivity index is 1.76. The highest BCUT2D eigenvalue weighted by atomic mass is 15.2. The first kappa shape index (κ1) is 11.5. The van der Waals surface area contributed by atoms with Gasteiger partial charge in [-0.3, -0.25) is 4.90 Å². The highest BCUT2D eigenvalue weighted by Gasteiger charge is 2.24. The van der Waals surface area contributed by atoms with E-state index in [-0.39, 0.29) is 0 Å². The van der Waals surface area contributed by atoms with Crippen molar-refractivity contribution in [3.8, 4) is 0 Å². The number of rotatable bonds is 5. The zero-order valence-corrected chi connectivity index (χ0v) is 10.3. The largest absolute Gasteiger partial charge is 0.383 e. The Morgan fingerprint density at radius 1 is 1.31 bits per heavy atom. The summed E-state index contributed by atoms with van der Waals surface area (Å²) in [5, 5.41) is 3.49. The second-order valence-corrected chi connectivity index (χ2v) is 4.85. The molecule has 1 fully saturated rings. The first-order valence-corrected chi connectivity index (χ1v) is 6.28. The Hall–Kier alpha value is -1.02. The molecule has 0 radical (unpaired) electrons. The normalized spacial score (nSPS) is 18.2. The molecule has 0 heterocycles. The van der Waals surface area contributed by atoms with Crippen molar-refractivity contribution in [2.45, 2.75) is 38.3 Å². The maximum absolute atomic E-state index is 3.49. The molecule has 0 aromatic heterocycles. The van der Waals surface area contributed by atoms with Gasteiger partial charge in [0.15, 0.2) is 0 Å². The van der Waals surface area contributed by atoms with Crippen LogP contribution in [0.15, 0.2) is 30.3 Å². The maximum Gasteiger partial charge on any atom is 0.0340 e. The van der Waals surface area contributed by atoms with E-state index in [0.29, 0.717) is 6.04 Å². The quantitative estimate of drug-likeness (QED) is 0.817. The Morgan fingerprint density at radius 2 is 2.00 bits per heavy atom. The lowest BCUT2D eigenvalue weighted by Crippen LogP contribution is -2.45. The molecule has 1 unspecified atom stereocenters. The van der Waals surface area contributed by atoms with Crippen LogP contribution in [0.5, 0.6) is 0 Å². The predicted octanol–water partition coefficient (Wildman–Crippen LogP) is 2.97. The molecule has 1 aromatic rings. The van der Waals surface area contributed by atoms with Gasteiger partial charge in [-0.25, -0.2) is 0 Å². The number of para-hydroxylation sites is 1. The van der Waals surface area contributed by atoms with Gasteiger partial charge in [0, 0.05) is 24.3 Å². The van der Waals surface area contributed by atoms with Gasteiger partial charge in [0.25, 0.3) is 0 Å². The second kappa shape index (κ2) is 5.35. The summed E-state index contributed by atoms with van der Waals surface area (Å²) >= 11 is 0. The van der Waals surface area contributed by atoms with Crippen molar-refractivity contribution in [2.24, 2.45) is 0 Å². The SMILES string of the molecule is CC(CNc1ccccc1)N(C)C1CCC1. The molecule has 1 aliphatic rings. The average Bonchev–Trinajstić information content (AvgIpc) is 2.25. The van der Waals surface area contributed by atoms with Crippen LogP contribution >= 0.6 is 0 Å². The molecule has 0 saturated heterocycles. The van der Waals surface area contributed by atoms with Crippen molar-refractivity contribution < 1.29 is 0 Å². The van der Waals surface area contributed by atoms with Crippen molar-refractivity contribution in [3.63, 3.8) is 0 Å². The molecule has 88 valence electrons. The third-order valence-electron chi connectivity index (χ3n) is 3.72. The maximum atomic E-state index is 3.49. The Labute approximate surface area is 98.7 Å². The van der Waals surface area contributed by atoms with Gasteiger partial charge in [-0.2, -0.15) is 0 Å². The smallest absolute Gasteiger partial charge is 0.0340 e. The van der Waals surface area contributed by atoms with Gasteiger partial charge in [-0.05, 0) is 38.9 Å². The fraction of sp³-hybridized carbons (Fsp3) is 0.571. The van der Waals surface area contributed by atoms with Crippen LogP contribution in [0.3, 0.4) is 0 Å². The highest BCUT2D eigenvalue weighted by Crippen LogP contribution is 2.25. The number of hydrogen-bond acceptors (Lipinski definition) is 2. The van der Waals surface area contributed by atoms with Crippen LogP contribution in [0.1, 0.15) is 26.2 Å². The third kappa shape index (κ3) is 2.76. The lowest BCUT2D eigenvalue weighted by molar-refractivity contribution is 0.124. The Bertz CT molecular complexity index is 306. The number of likely N-dealkylation sites (N-methyl/N-ethyl adjacent to an activating group) is 1. The summed E-state index contributed by atoms with van der Waals surface area (Å²) < 4.78 is 0. The highest BCUT2D eigenvalue weighted by molar-refractivity contribution is 5.42. The molecule has 2 nitrogen and oxygen atoms in total. The van der Waals surface area contributed by atoms with Crippen LogP contribution in [0.25, 0.3) is 0 Å². The minimum absolute atomic E-state index is 0.602. The molecular weight excluding hydrogens is 196 g/mol. The summed E-state index contributed by atoms with van der Waals surface area (Å²) in [5.74, 6) is 0. The number of hydrogen-bond donors (Lipinski definition) is 1. The van der Waals surface area contributed by atoms with Gasteiger partial charge in [-0.1, -0.05) is 24.6 Å². The van der Waals surface area contributed by atoms with E-state index in [2.05, 4.69) is 54.5 Å². The second-order valence-electron chi connectivity index (χ2n) is 4.85. The van der Waals surface area contributed by atoms with E-state index in [1.54, 1.807) is 0 Å². The summed E-state index contributed by atoms with van der Waals surface area (Å²) in [6.45, 7) is 3.32. The monoisotopic (exact) mass is 218 g/mol. The van der Waals surface area contributed by atoms with E-state index < -0.39 is 0 Å². The van der Waals surface area contributed by atoms with E-state index in [1.807, 2.05) is 0 Å². The van der Waals surface area contributed by atoms with Gasteiger partial charge in [0.2, 0.25) is 0 Å². The molecule has 1 N–H and O–H groups in total. The Morgan fingerprint density at radius 3 is 2.56 bits per heavy atom. The van der Waals surface area contributed by atoms with Crippen LogP contribution in [-0.2, 0) is 0 Å². The van der Waals surface area contributed by atoms with Crippen LogP contribution < -0.4 is 5.32 Å². The van der Waals surface area contributed by atoms with E-state index in [9.17, 15) is 0 Å². The summed E-state index contributed by atoms with van der Waals surface area (Å²) in [7, 11) is 2.25. The van der Waals surface area contributed by atoms with Crippen molar-refractivity contribution in [1.82, 2.24) is 4.90 Å². The zero-order chi connectivity index (χ0) is 11.4. The van der Waals surface area contributed by atoms with Gasteiger partial charge in [0.05, 0.1) is 0 Å². The van der Waals surface area contributed by atoms with Gasteiger partial charge in [0.1, 0.15) is 0 Å². The fourth-order valence-electron chi connectivity index (χ4n) is 2.12. The topological polar surface area (TPSA) is 15.3 Å². The fourth-order valence-corrected chi connectivity index (χ4v) is 2.12. The number of nitrogens with zero attached hydrogens (tertiary/aromatic N) is 1. The molecule has 1 saturated carbocycles. The minimum Gasteiger partial charge on any atom is -0.383 e. The van der Waals surface area contributed by atoms with Crippen LogP contribution in [0.2, 0.25) is 0 Å². The molecule has 1 aromatic carbocycles. The Kier molecular flexibility index (Phi) is 3.83. The number of anilines is 1. The summed E-state index contributed by atoms with van der Waals surface area (Å²) in [6, 6.07) is 11.9. The first-order chi connectivity index (χ1) is 7.77. The molecule has 16 heavy (non-hydrogen) atoms. The average molecular weight is 218 g/mol. The van der Waals surface area contributed by atoms with E-state index in [0.717, 1.165) is 12.6 Å². The van der Waals surface area contributed by atoms with Gasteiger partial charge >= 0.3 is 0 Å². The van der Waals surface area contributed by atoms with Crippen LogP contribution in [0, 0.1) is 0 Å². The number of benzene rings is 1. The molecule has 0 aliphatic heterocycles. The molecule has 1 atom stereocenters.